The Balaban J connectivity index is 1.38. The summed E-state index contributed by atoms with van der Waals surface area (Å²) >= 11 is 0. The summed E-state index contributed by atoms with van der Waals surface area (Å²) in [5.41, 5.74) is 1.16. The van der Waals surface area contributed by atoms with Gasteiger partial charge in [-0.2, -0.15) is 4.98 Å². The average Bonchev–Trinajstić information content (AvgIpc) is 2.69. The van der Waals surface area contributed by atoms with Gasteiger partial charge in [0.1, 0.15) is 11.9 Å². The number of carbonyl (C=O) groups is 1. The van der Waals surface area contributed by atoms with Crippen LogP contribution in [0, 0.1) is 6.92 Å². The van der Waals surface area contributed by atoms with E-state index in [0.29, 0.717) is 17.5 Å². The number of carbonyl (C=O) groups excluding carboxylic acids is 1. The van der Waals surface area contributed by atoms with Crippen LogP contribution in [0.1, 0.15) is 31.2 Å². The Bertz CT molecular complexity index is 743. The molecule has 3 rings (SSSR count). The van der Waals surface area contributed by atoms with Gasteiger partial charge in [-0.15, -0.1) is 0 Å². The number of hydrogen-bond donors (Lipinski definition) is 1. The largest absolute Gasteiger partial charge is 0.484 e. The van der Waals surface area contributed by atoms with E-state index >= 15 is 0 Å². The molecule has 0 bridgehead atoms. The number of amides is 1. The molecule has 7 heteroatoms. The second-order valence-electron chi connectivity index (χ2n) is 6.66. The van der Waals surface area contributed by atoms with Crippen molar-refractivity contribution in [3.63, 3.8) is 0 Å². The highest BCUT2D eigenvalue weighted by atomic mass is 16.5. The molecular weight excluding hydrogens is 346 g/mol. The Morgan fingerprint density at radius 3 is 2.52 bits per heavy atom. The van der Waals surface area contributed by atoms with Gasteiger partial charge in [-0.05, 0) is 44.7 Å². The molecule has 0 aliphatic heterocycles. The second-order valence-corrected chi connectivity index (χ2v) is 6.66. The van der Waals surface area contributed by atoms with Gasteiger partial charge < -0.3 is 19.5 Å². The van der Waals surface area contributed by atoms with E-state index in [4.69, 9.17) is 14.2 Å². The molecule has 1 aliphatic carbocycles. The molecule has 1 aromatic carbocycles. The molecule has 2 aromatic rings. The summed E-state index contributed by atoms with van der Waals surface area (Å²) in [6, 6.07) is 7.80. The molecule has 0 spiro atoms. The average molecular weight is 371 g/mol. The van der Waals surface area contributed by atoms with Crippen LogP contribution < -0.4 is 19.5 Å². The predicted molar refractivity (Wildman–Crippen MR) is 100 cm³/mol. The molecule has 0 radical (unpaired) electrons. The van der Waals surface area contributed by atoms with Gasteiger partial charge in [0.15, 0.2) is 6.61 Å². The highest BCUT2D eigenvalue weighted by Crippen LogP contribution is 2.23. The van der Waals surface area contributed by atoms with Crippen LogP contribution in [0.2, 0.25) is 0 Å². The number of aromatic nitrogens is 2. The first-order chi connectivity index (χ1) is 13.1. The fourth-order valence-electron chi connectivity index (χ4n) is 3.03. The van der Waals surface area contributed by atoms with Crippen LogP contribution in [0.3, 0.4) is 0 Å². The number of rotatable bonds is 7. The van der Waals surface area contributed by atoms with E-state index < -0.39 is 0 Å². The zero-order valence-corrected chi connectivity index (χ0v) is 15.7. The molecule has 1 heterocycles. The van der Waals surface area contributed by atoms with Gasteiger partial charge in [-0.1, -0.05) is 17.7 Å². The zero-order chi connectivity index (χ0) is 19.1. The van der Waals surface area contributed by atoms with E-state index in [9.17, 15) is 4.79 Å². The lowest BCUT2D eigenvalue weighted by Crippen LogP contribution is -2.41. The molecule has 27 heavy (non-hydrogen) atoms. The SMILES string of the molecule is COc1cncc(OC2CCC(NC(=O)COc3ccc(C)cc3)CC2)n1. The minimum Gasteiger partial charge on any atom is -0.484 e. The fraction of sp³-hybridized carbons (Fsp3) is 0.450. The van der Waals surface area contributed by atoms with Crippen LogP contribution in [0.25, 0.3) is 0 Å². The quantitative estimate of drug-likeness (QED) is 0.806. The van der Waals surface area contributed by atoms with Crippen molar-refractivity contribution in [1.29, 1.82) is 0 Å². The smallest absolute Gasteiger partial charge is 0.258 e. The number of nitrogens with one attached hydrogen (secondary N) is 1. The number of ether oxygens (including phenoxy) is 3. The standard InChI is InChI=1S/C20H25N3O4/c1-14-3-7-16(8-4-14)26-13-18(24)22-15-5-9-17(10-6-15)27-20-12-21-11-19(23-20)25-2/h3-4,7-8,11-12,15,17H,5-6,9-10,13H2,1-2H3,(H,22,24). The van der Waals surface area contributed by atoms with Crippen molar-refractivity contribution in [2.24, 2.45) is 0 Å². The topological polar surface area (TPSA) is 82.6 Å². The van der Waals surface area contributed by atoms with Gasteiger partial charge in [-0.25, -0.2) is 0 Å². The molecule has 1 amide bonds. The summed E-state index contributed by atoms with van der Waals surface area (Å²) in [6.07, 6.45) is 6.61. The van der Waals surface area contributed by atoms with Crippen molar-refractivity contribution in [2.45, 2.75) is 44.8 Å². The Hall–Kier alpha value is -2.83. The lowest BCUT2D eigenvalue weighted by molar-refractivity contribution is -0.124. The molecule has 1 saturated carbocycles. The maximum absolute atomic E-state index is 12.1. The summed E-state index contributed by atoms with van der Waals surface area (Å²) in [6.45, 7) is 2.04. The third-order valence-corrected chi connectivity index (χ3v) is 4.52. The van der Waals surface area contributed by atoms with Crippen LogP contribution in [-0.2, 0) is 4.79 Å². The van der Waals surface area contributed by atoms with E-state index in [1.807, 2.05) is 31.2 Å². The Morgan fingerprint density at radius 2 is 1.81 bits per heavy atom. The van der Waals surface area contributed by atoms with Crippen molar-refractivity contribution >= 4 is 5.91 Å². The van der Waals surface area contributed by atoms with E-state index in [0.717, 1.165) is 31.2 Å². The number of methoxy groups -OCH3 is 1. The lowest BCUT2D eigenvalue weighted by atomic mass is 9.93. The zero-order valence-electron chi connectivity index (χ0n) is 15.7. The minimum absolute atomic E-state index is 0.0267. The normalized spacial score (nSPS) is 19.2. The minimum atomic E-state index is -0.0985. The van der Waals surface area contributed by atoms with E-state index in [1.165, 1.54) is 6.20 Å². The number of aryl methyl sites for hydroxylation is 1. The molecule has 0 saturated heterocycles. The van der Waals surface area contributed by atoms with Crippen LogP contribution in [0.15, 0.2) is 36.7 Å². The van der Waals surface area contributed by atoms with Crippen LogP contribution in [0.5, 0.6) is 17.5 Å². The van der Waals surface area contributed by atoms with Gasteiger partial charge in [0.25, 0.3) is 5.91 Å². The lowest BCUT2D eigenvalue weighted by Gasteiger charge is -2.29. The number of benzene rings is 1. The Kier molecular flexibility index (Phi) is 6.46. The summed E-state index contributed by atoms with van der Waals surface area (Å²) < 4.78 is 16.5. The van der Waals surface area contributed by atoms with Gasteiger partial charge in [0, 0.05) is 6.04 Å². The summed E-state index contributed by atoms with van der Waals surface area (Å²) in [5.74, 6) is 1.50. The maximum Gasteiger partial charge on any atom is 0.258 e. The monoisotopic (exact) mass is 371 g/mol. The first-order valence-corrected chi connectivity index (χ1v) is 9.14. The first-order valence-electron chi connectivity index (χ1n) is 9.14. The molecule has 7 nitrogen and oxygen atoms in total. The predicted octanol–water partition coefficient (Wildman–Crippen LogP) is 2.68. The van der Waals surface area contributed by atoms with Crippen LogP contribution in [0.4, 0.5) is 0 Å². The Labute approximate surface area is 159 Å². The van der Waals surface area contributed by atoms with E-state index in [2.05, 4.69) is 15.3 Å². The molecular formula is C20H25N3O4. The summed E-state index contributed by atoms with van der Waals surface area (Å²) in [7, 11) is 1.55. The fourth-order valence-corrected chi connectivity index (χ4v) is 3.03. The third kappa shape index (κ3) is 5.84. The van der Waals surface area contributed by atoms with E-state index in [-0.39, 0.29) is 24.7 Å². The molecule has 144 valence electrons. The highest BCUT2D eigenvalue weighted by Gasteiger charge is 2.24. The number of hydrogen-bond acceptors (Lipinski definition) is 6. The molecule has 0 unspecified atom stereocenters. The van der Waals surface area contributed by atoms with Crippen molar-refractivity contribution in [3.05, 3.63) is 42.2 Å². The highest BCUT2D eigenvalue weighted by molar-refractivity contribution is 5.77. The van der Waals surface area contributed by atoms with Crippen molar-refractivity contribution in [3.8, 4) is 17.5 Å². The Morgan fingerprint density at radius 1 is 1.11 bits per heavy atom. The molecule has 1 N–H and O–H groups in total. The van der Waals surface area contributed by atoms with Crippen LogP contribution in [-0.4, -0.2) is 41.7 Å². The van der Waals surface area contributed by atoms with Crippen molar-refractivity contribution in [2.75, 3.05) is 13.7 Å². The molecule has 1 aliphatic rings. The summed E-state index contributed by atoms with van der Waals surface area (Å²) in [5, 5.41) is 3.04. The van der Waals surface area contributed by atoms with Gasteiger partial charge in [-0.3, -0.25) is 9.78 Å². The number of nitrogens with zero attached hydrogens (tertiary/aromatic N) is 2. The third-order valence-electron chi connectivity index (χ3n) is 4.52. The van der Waals surface area contributed by atoms with Gasteiger partial charge in [0.2, 0.25) is 11.8 Å². The second kappa shape index (κ2) is 9.21. The van der Waals surface area contributed by atoms with E-state index in [1.54, 1.807) is 13.3 Å². The van der Waals surface area contributed by atoms with Crippen molar-refractivity contribution < 1.29 is 19.0 Å². The maximum atomic E-state index is 12.1. The molecule has 0 atom stereocenters. The summed E-state index contributed by atoms with van der Waals surface area (Å²) in [4.78, 5) is 20.4. The van der Waals surface area contributed by atoms with Crippen LogP contribution >= 0.6 is 0 Å². The first kappa shape index (κ1) is 18.9. The molecule has 1 fully saturated rings. The van der Waals surface area contributed by atoms with Gasteiger partial charge >= 0.3 is 0 Å². The van der Waals surface area contributed by atoms with Gasteiger partial charge in [0.05, 0.1) is 19.5 Å². The molecule has 1 aromatic heterocycles. The van der Waals surface area contributed by atoms with Crippen molar-refractivity contribution in [1.82, 2.24) is 15.3 Å².